The van der Waals surface area contributed by atoms with Crippen LogP contribution in [0.5, 0.6) is 11.5 Å². The first-order valence-corrected chi connectivity index (χ1v) is 7.05. The van der Waals surface area contributed by atoms with Crippen molar-refractivity contribution in [1.82, 2.24) is 4.57 Å². The molecule has 1 heterocycles. The Bertz CT molecular complexity index is 884. The van der Waals surface area contributed by atoms with Crippen LogP contribution in [-0.4, -0.2) is 18.3 Å². The lowest BCUT2D eigenvalue weighted by Crippen LogP contribution is -1.96. The molecule has 3 heteroatoms. The van der Waals surface area contributed by atoms with Crippen LogP contribution in [0, 0.1) is 12.3 Å². The SMILES string of the molecule is C#CCn1c2cc(OC)ccc2c2ccc(OCC=C)cc21. The van der Waals surface area contributed by atoms with Crippen LogP contribution in [0.2, 0.25) is 0 Å². The van der Waals surface area contributed by atoms with Crippen LogP contribution in [0.4, 0.5) is 0 Å². The van der Waals surface area contributed by atoms with Gasteiger partial charge in [0.05, 0.1) is 24.7 Å². The lowest BCUT2D eigenvalue weighted by atomic mass is 10.1. The molecular formula is C19H17NO2. The Kier molecular flexibility index (Phi) is 3.76. The molecule has 0 N–H and O–H groups in total. The number of rotatable bonds is 5. The fourth-order valence-electron chi connectivity index (χ4n) is 2.69. The number of terminal acetylenes is 1. The first-order valence-electron chi connectivity index (χ1n) is 7.05. The maximum atomic E-state index is 5.63. The van der Waals surface area contributed by atoms with Crippen molar-refractivity contribution in [1.29, 1.82) is 0 Å². The lowest BCUT2D eigenvalue weighted by molar-refractivity contribution is 0.363. The molecule has 0 bridgehead atoms. The van der Waals surface area contributed by atoms with E-state index in [1.54, 1.807) is 13.2 Å². The predicted octanol–water partition coefficient (Wildman–Crippen LogP) is 4.00. The van der Waals surface area contributed by atoms with Crippen molar-refractivity contribution < 1.29 is 9.47 Å². The Labute approximate surface area is 129 Å². The van der Waals surface area contributed by atoms with Crippen molar-refractivity contribution in [2.24, 2.45) is 0 Å². The first-order chi connectivity index (χ1) is 10.8. The summed E-state index contributed by atoms with van der Waals surface area (Å²) in [6, 6.07) is 12.1. The third-order valence-corrected chi connectivity index (χ3v) is 3.66. The molecule has 2 aromatic carbocycles. The Morgan fingerprint density at radius 2 is 1.77 bits per heavy atom. The molecule has 0 atom stereocenters. The van der Waals surface area contributed by atoms with Gasteiger partial charge >= 0.3 is 0 Å². The van der Waals surface area contributed by atoms with Crippen LogP contribution in [0.3, 0.4) is 0 Å². The van der Waals surface area contributed by atoms with E-state index in [4.69, 9.17) is 15.9 Å². The summed E-state index contributed by atoms with van der Waals surface area (Å²) in [7, 11) is 1.66. The van der Waals surface area contributed by atoms with Crippen LogP contribution >= 0.6 is 0 Å². The molecule has 0 unspecified atom stereocenters. The average Bonchev–Trinajstić information content (AvgIpc) is 2.86. The van der Waals surface area contributed by atoms with Crippen LogP contribution in [-0.2, 0) is 6.54 Å². The van der Waals surface area contributed by atoms with Gasteiger partial charge in [0.2, 0.25) is 0 Å². The third kappa shape index (κ3) is 2.29. The van der Waals surface area contributed by atoms with Crippen molar-refractivity contribution in [3.63, 3.8) is 0 Å². The molecule has 0 aliphatic heterocycles. The molecular weight excluding hydrogens is 274 g/mol. The fraction of sp³-hybridized carbons (Fsp3) is 0.158. The second-order valence-corrected chi connectivity index (χ2v) is 4.95. The standard InChI is InChI=1S/C19H17NO2/c1-4-10-20-18-12-14(21-3)6-8-16(18)17-9-7-15(13-19(17)20)22-11-5-2/h1,5-9,12-13H,2,10-11H2,3H3. The van der Waals surface area contributed by atoms with Gasteiger partial charge in [0.1, 0.15) is 18.1 Å². The van der Waals surface area contributed by atoms with Gasteiger partial charge in [-0.3, -0.25) is 0 Å². The lowest BCUT2D eigenvalue weighted by Gasteiger charge is -2.06. The van der Waals surface area contributed by atoms with Crippen LogP contribution in [0.25, 0.3) is 21.8 Å². The van der Waals surface area contributed by atoms with Crippen molar-refractivity contribution in [2.75, 3.05) is 13.7 Å². The maximum absolute atomic E-state index is 5.63. The highest BCUT2D eigenvalue weighted by atomic mass is 16.5. The van der Waals surface area contributed by atoms with E-state index in [0.29, 0.717) is 13.2 Å². The van der Waals surface area contributed by atoms with Crippen molar-refractivity contribution in [3.05, 3.63) is 49.1 Å². The molecule has 0 spiro atoms. The molecule has 0 saturated heterocycles. The summed E-state index contributed by atoms with van der Waals surface area (Å²) in [5, 5.41) is 2.31. The molecule has 110 valence electrons. The van der Waals surface area contributed by atoms with Crippen LogP contribution in [0.15, 0.2) is 49.1 Å². The zero-order valence-corrected chi connectivity index (χ0v) is 12.5. The number of nitrogens with zero attached hydrogens (tertiary/aromatic N) is 1. The second-order valence-electron chi connectivity index (χ2n) is 4.95. The Morgan fingerprint density at radius 1 is 1.14 bits per heavy atom. The van der Waals surface area contributed by atoms with Gasteiger partial charge in [-0.05, 0) is 24.3 Å². The molecule has 1 aromatic heterocycles. The van der Waals surface area contributed by atoms with E-state index in [1.165, 1.54) is 0 Å². The molecule has 22 heavy (non-hydrogen) atoms. The van der Waals surface area contributed by atoms with Crippen molar-refractivity contribution in [2.45, 2.75) is 6.54 Å². The zero-order valence-electron chi connectivity index (χ0n) is 12.5. The summed E-state index contributed by atoms with van der Waals surface area (Å²) in [4.78, 5) is 0. The topological polar surface area (TPSA) is 23.4 Å². The van der Waals surface area contributed by atoms with Gasteiger partial charge in [0, 0.05) is 22.9 Å². The smallest absolute Gasteiger partial charge is 0.121 e. The quantitative estimate of drug-likeness (QED) is 0.524. The summed E-state index contributed by atoms with van der Waals surface area (Å²) in [5.74, 6) is 4.34. The number of hydrogen-bond acceptors (Lipinski definition) is 2. The zero-order chi connectivity index (χ0) is 15.5. The highest BCUT2D eigenvalue weighted by Crippen LogP contribution is 2.33. The minimum absolute atomic E-state index is 0.481. The van der Waals surface area contributed by atoms with Gasteiger partial charge in [0.25, 0.3) is 0 Å². The van der Waals surface area contributed by atoms with Gasteiger partial charge in [-0.15, -0.1) is 6.42 Å². The molecule has 0 saturated carbocycles. The molecule has 0 aliphatic rings. The Morgan fingerprint density at radius 3 is 2.36 bits per heavy atom. The second kappa shape index (κ2) is 5.87. The van der Waals surface area contributed by atoms with E-state index in [9.17, 15) is 0 Å². The van der Waals surface area contributed by atoms with Gasteiger partial charge in [-0.25, -0.2) is 0 Å². The number of hydrogen-bond donors (Lipinski definition) is 0. The van der Waals surface area contributed by atoms with Gasteiger partial charge < -0.3 is 14.0 Å². The predicted molar refractivity (Wildman–Crippen MR) is 90.5 cm³/mol. The minimum Gasteiger partial charge on any atom is -0.497 e. The largest absolute Gasteiger partial charge is 0.497 e. The van der Waals surface area contributed by atoms with E-state index < -0.39 is 0 Å². The molecule has 3 rings (SSSR count). The molecule has 0 radical (unpaired) electrons. The first kappa shape index (κ1) is 14.1. The van der Waals surface area contributed by atoms with E-state index >= 15 is 0 Å². The van der Waals surface area contributed by atoms with Crippen molar-refractivity contribution in [3.8, 4) is 23.8 Å². The Hall–Kier alpha value is -2.86. The molecule has 3 aromatic rings. The normalized spacial score (nSPS) is 10.5. The number of fused-ring (bicyclic) bond motifs is 3. The van der Waals surface area contributed by atoms with E-state index in [1.807, 2.05) is 24.3 Å². The fourth-order valence-corrected chi connectivity index (χ4v) is 2.69. The molecule has 3 nitrogen and oxygen atoms in total. The summed E-state index contributed by atoms with van der Waals surface area (Å²) in [6.07, 6.45) is 7.27. The highest BCUT2D eigenvalue weighted by Gasteiger charge is 2.12. The number of methoxy groups -OCH3 is 1. The minimum atomic E-state index is 0.481. The highest BCUT2D eigenvalue weighted by molar-refractivity contribution is 6.08. The molecule has 0 amide bonds. The summed E-state index contributed by atoms with van der Waals surface area (Å²) >= 11 is 0. The molecule has 0 aliphatic carbocycles. The monoisotopic (exact) mass is 291 g/mol. The summed E-state index contributed by atoms with van der Waals surface area (Å²) in [5.41, 5.74) is 2.12. The number of aromatic nitrogens is 1. The Balaban J connectivity index is 2.27. The summed E-state index contributed by atoms with van der Waals surface area (Å²) < 4.78 is 13.1. The van der Waals surface area contributed by atoms with Gasteiger partial charge in [0.15, 0.2) is 0 Å². The summed E-state index contributed by atoms with van der Waals surface area (Å²) in [6.45, 7) is 4.65. The van der Waals surface area contributed by atoms with E-state index in [0.717, 1.165) is 33.3 Å². The molecule has 0 fully saturated rings. The number of benzene rings is 2. The maximum Gasteiger partial charge on any atom is 0.121 e. The van der Waals surface area contributed by atoms with E-state index in [2.05, 4.69) is 29.2 Å². The van der Waals surface area contributed by atoms with Crippen molar-refractivity contribution >= 4 is 21.8 Å². The average molecular weight is 291 g/mol. The number of ether oxygens (including phenoxy) is 2. The van der Waals surface area contributed by atoms with Crippen LogP contribution < -0.4 is 9.47 Å². The van der Waals surface area contributed by atoms with Gasteiger partial charge in [-0.1, -0.05) is 18.6 Å². The van der Waals surface area contributed by atoms with Crippen LogP contribution in [0.1, 0.15) is 0 Å². The third-order valence-electron chi connectivity index (χ3n) is 3.66. The van der Waals surface area contributed by atoms with E-state index in [-0.39, 0.29) is 0 Å². The van der Waals surface area contributed by atoms with Gasteiger partial charge in [-0.2, -0.15) is 0 Å².